The van der Waals surface area contributed by atoms with Crippen LogP contribution >= 0.6 is 0 Å². The van der Waals surface area contributed by atoms with Gasteiger partial charge in [-0.05, 0) is 44.7 Å². The van der Waals surface area contributed by atoms with Gasteiger partial charge in [0.2, 0.25) is 0 Å². The van der Waals surface area contributed by atoms with Crippen LogP contribution in [0.5, 0.6) is 0 Å². The van der Waals surface area contributed by atoms with Gasteiger partial charge in [-0.15, -0.1) is 0 Å². The Kier molecular flexibility index (Phi) is 4.10. The summed E-state index contributed by atoms with van der Waals surface area (Å²) in [4.78, 5) is 8.50. The van der Waals surface area contributed by atoms with Gasteiger partial charge in [-0.2, -0.15) is 0 Å². The molecule has 0 saturated heterocycles. The molecule has 0 radical (unpaired) electrons. The molecule has 2 aromatic rings. The van der Waals surface area contributed by atoms with Crippen molar-refractivity contribution in [1.29, 1.82) is 0 Å². The van der Waals surface area contributed by atoms with Crippen molar-refractivity contribution in [2.24, 2.45) is 5.92 Å². The second-order valence-corrected chi connectivity index (χ2v) is 6.13. The smallest absolute Gasteiger partial charge is 0.145 e. The Balaban J connectivity index is 1.80. The normalized spacial score (nSPS) is 23.7. The average Bonchev–Trinajstić information content (AvgIpc) is 3.11. The van der Waals surface area contributed by atoms with E-state index in [4.69, 9.17) is 5.73 Å². The van der Waals surface area contributed by atoms with Crippen molar-refractivity contribution >= 4 is 16.9 Å². The van der Waals surface area contributed by atoms with Gasteiger partial charge in [0, 0.05) is 18.3 Å². The van der Waals surface area contributed by atoms with E-state index in [1.807, 2.05) is 6.07 Å². The van der Waals surface area contributed by atoms with Crippen LogP contribution in [0, 0.1) is 5.92 Å². The minimum Gasteiger partial charge on any atom is -0.383 e. The highest BCUT2D eigenvalue weighted by Crippen LogP contribution is 2.39. The molecule has 5 heteroatoms. The molecular formula is C16H25N5. The van der Waals surface area contributed by atoms with E-state index in [9.17, 15) is 0 Å². The summed E-state index contributed by atoms with van der Waals surface area (Å²) in [6.45, 7) is 2.26. The van der Waals surface area contributed by atoms with Gasteiger partial charge in [-0.25, -0.2) is 9.97 Å². The molecule has 0 aliphatic heterocycles. The van der Waals surface area contributed by atoms with Crippen molar-refractivity contribution in [3.05, 3.63) is 18.6 Å². The molecule has 3 unspecified atom stereocenters. The number of nitrogens with zero attached hydrogens (tertiary/aromatic N) is 3. The summed E-state index contributed by atoms with van der Waals surface area (Å²) in [5, 5.41) is 4.47. The molecule has 114 valence electrons. The van der Waals surface area contributed by atoms with Crippen molar-refractivity contribution in [2.75, 3.05) is 12.8 Å². The maximum absolute atomic E-state index is 5.93. The first-order valence-corrected chi connectivity index (χ1v) is 7.98. The van der Waals surface area contributed by atoms with E-state index < -0.39 is 0 Å². The van der Waals surface area contributed by atoms with E-state index in [2.05, 4.69) is 40.0 Å². The monoisotopic (exact) mass is 287 g/mol. The summed E-state index contributed by atoms with van der Waals surface area (Å²) in [6.07, 6.45) is 9.92. The van der Waals surface area contributed by atoms with E-state index >= 15 is 0 Å². The molecule has 5 nitrogen and oxygen atoms in total. The third-order valence-corrected chi connectivity index (χ3v) is 4.92. The first-order valence-electron chi connectivity index (χ1n) is 7.98. The lowest BCUT2D eigenvalue weighted by Gasteiger charge is -2.23. The molecule has 1 aliphatic rings. The Hall–Kier alpha value is -1.62. The first-order chi connectivity index (χ1) is 10.2. The maximum atomic E-state index is 5.93. The number of nitrogen functional groups attached to an aromatic ring is 1. The van der Waals surface area contributed by atoms with E-state index in [1.165, 1.54) is 32.1 Å². The van der Waals surface area contributed by atoms with Gasteiger partial charge in [0.25, 0.3) is 0 Å². The number of nitrogens with one attached hydrogen (secondary N) is 1. The SMILES string of the molecule is CCCC(NC)C1CCC(n2ccc3c(N)ncnc32)C1. The Labute approximate surface area is 126 Å². The van der Waals surface area contributed by atoms with E-state index in [1.54, 1.807) is 6.33 Å². The van der Waals surface area contributed by atoms with Gasteiger partial charge in [-0.3, -0.25) is 0 Å². The number of nitrogens with two attached hydrogens (primary N) is 1. The molecular weight excluding hydrogens is 262 g/mol. The molecule has 0 amide bonds. The van der Waals surface area contributed by atoms with Crippen LogP contribution in [0.2, 0.25) is 0 Å². The number of rotatable bonds is 5. The maximum Gasteiger partial charge on any atom is 0.145 e. The highest BCUT2D eigenvalue weighted by molar-refractivity contribution is 5.86. The van der Waals surface area contributed by atoms with E-state index in [0.29, 0.717) is 17.9 Å². The molecule has 3 N–H and O–H groups in total. The lowest BCUT2D eigenvalue weighted by atomic mass is 9.94. The fraction of sp³-hybridized carbons (Fsp3) is 0.625. The third kappa shape index (κ3) is 2.62. The van der Waals surface area contributed by atoms with E-state index in [0.717, 1.165) is 17.0 Å². The molecule has 21 heavy (non-hydrogen) atoms. The molecule has 2 heterocycles. The fourth-order valence-electron chi connectivity index (χ4n) is 3.82. The summed E-state index contributed by atoms with van der Waals surface area (Å²) in [5.41, 5.74) is 6.91. The highest BCUT2D eigenvalue weighted by Gasteiger charge is 2.31. The predicted molar refractivity (Wildman–Crippen MR) is 86.1 cm³/mol. The van der Waals surface area contributed by atoms with Gasteiger partial charge < -0.3 is 15.6 Å². The molecule has 1 saturated carbocycles. The van der Waals surface area contributed by atoms with Gasteiger partial charge in [0.05, 0.1) is 5.39 Å². The van der Waals surface area contributed by atoms with Gasteiger partial charge >= 0.3 is 0 Å². The van der Waals surface area contributed by atoms with Crippen molar-refractivity contribution < 1.29 is 0 Å². The zero-order valence-corrected chi connectivity index (χ0v) is 12.9. The van der Waals surface area contributed by atoms with E-state index in [-0.39, 0.29) is 0 Å². The first kappa shape index (κ1) is 14.3. The van der Waals surface area contributed by atoms with Gasteiger partial charge in [-0.1, -0.05) is 13.3 Å². The summed E-state index contributed by atoms with van der Waals surface area (Å²) < 4.78 is 2.30. The third-order valence-electron chi connectivity index (χ3n) is 4.92. The second-order valence-electron chi connectivity index (χ2n) is 6.13. The predicted octanol–water partition coefficient (Wildman–Crippen LogP) is 2.74. The number of hydrogen-bond acceptors (Lipinski definition) is 4. The summed E-state index contributed by atoms with van der Waals surface area (Å²) in [6, 6.07) is 3.22. The molecule has 2 aromatic heterocycles. The number of aromatic nitrogens is 3. The molecule has 0 spiro atoms. The van der Waals surface area contributed by atoms with Crippen LogP contribution in [0.3, 0.4) is 0 Å². The largest absolute Gasteiger partial charge is 0.383 e. The Morgan fingerprint density at radius 1 is 1.43 bits per heavy atom. The average molecular weight is 287 g/mol. The second kappa shape index (κ2) is 6.02. The quantitative estimate of drug-likeness (QED) is 0.887. The molecule has 3 rings (SSSR count). The molecule has 0 aromatic carbocycles. The van der Waals surface area contributed by atoms with Crippen molar-refractivity contribution in [2.45, 2.75) is 51.1 Å². The van der Waals surface area contributed by atoms with Crippen molar-refractivity contribution in [3.8, 4) is 0 Å². The van der Waals surface area contributed by atoms with Crippen LogP contribution in [0.4, 0.5) is 5.82 Å². The van der Waals surface area contributed by atoms with Crippen molar-refractivity contribution in [3.63, 3.8) is 0 Å². The van der Waals surface area contributed by atoms with Crippen LogP contribution in [0.1, 0.15) is 45.1 Å². The van der Waals surface area contributed by atoms with Crippen LogP contribution < -0.4 is 11.1 Å². The lowest BCUT2D eigenvalue weighted by Crippen LogP contribution is -2.32. The Bertz CT molecular complexity index is 606. The van der Waals surface area contributed by atoms with Crippen LogP contribution in [-0.4, -0.2) is 27.6 Å². The zero-order chi connectivity index (χ0) is 14.8. The van der Waals surface area contributed by atoms with Crippen LogP contribution in [-0.2, 0) is 0 Å². The lowest BCUT2D eigenvalue weighted by molar-refractivity contribution is 0.346. The standard InChI is InChI=1S/C16H25N5/c1-3-4-14(18-2)11-5-6-12(9-11)21-8-7-13-15(17)19-10-20-16(13)21/h7-8,10-12,14,18H,3-6,9H2,1-2H3,(H2,17,19,20). The van der Waals surface area contributed by atoms with Crippen molar-refractivity contribution in [1.82, 2.24) is 19.9 Å². The Morgan fingerprint density at radius 3 is 3.05 bits per heavy atom. The summed E-state index contributed by atoms with van der Waals surface area (Å²) in [7, 11) is 2.09. The summed E-state index contributed by atoms with van der Waals surface area (Å²) in [5.74, 6) is 1.34. The molecule has 1 fully saturated rings. The highest BCUT2D eigenvalue weighted by atomic mass is 15.1. The minimum atomic E-state index is 0.537. The Morgan fingerprint density at radius 2 is 2.29 bits per heavy atom. The fourth-order valence-corrected chi connectivity index (χ4v) is 3.82. The molecule has 1 aliphatic carbocycles. The van der Waals surface area contributed by atoms with Gasteiger partial charge in [0.15, 0.2) is 0 Å². The minimum absolute atomic E-state index is 0.537. The number of fused-ring (bicyclic) bond motifs is 1. The zero-order valence-electron chi connectivity index (χ0n) is 12.9. The number of anilines is 1. The molecule has 3 atom stereocenters. The van der Waals surface area contributed by atoms with Crippen LogP contribution in [0.15, 0.2) is 18.6 Å². The van der Waals surface area contributed by atoms with Gasteiger partial charge in [0.1, 0.15) is 17.8 Å². The molecule has 0 bridgehead atoms. The summed E-state index contributed by atoms with van der Waals surface area (Å²) >= 11 is 0. The topological polar surface area (TPSA) is 68.8 Å². The van der Waals surface area contributed by atoms with Crippen LogP contribution in [0.25, 0.3) is 11.0 Å². The number of hydrogen-bond donors (Lipinski definition) is 2.